The van der Waals surface area contributed by atoms with Crippen LogP contribution in [0.25, 0.3) is 10.9 Å². The Morgan fingerprint density at radius 1 is 1.09 bits per heavy atom. The molecular weight excluding hydrogens is 435 g/mol. The number of fused-ring (bicyclic) bond motifs is 1. The molecule has 0 aliphatic carbocycles. The molecule has 176 valence electrons. The molecule has 1 aliphatic heterocycles. The lowest BCUT2D eigenvalue weighted by Crippen LogP contribution is -2.37. The first-order valence-electron chi connectivity index (χ1n) is 10.5. The molecule has 3 aromatic rings. The monoisotopic (exact) mass is 461 g/mol. The molecule has 2 aromatic carbocycles. The summed E-state index contributed by atoms with van der Waals surface area (Å²) in [5.74, 6) is -2.10. The highest BCUT2D eigenvalue weighted by molar-refractivity contribution is 6.07. The molecule has 0 bridgehead atoms. The Balaban J connectivity index is 0.000000383. The van der Waals surface area contributed by atoms with Gasteiger partial charge in [-0.15, -0.1) is 0 Å². The topological polar surface area (TPSA) is 88.6 Å². The van der Waals surface area contributed by atoms with Crippen LogP contribution < -0.4 is 5.73 Å². The van der Waals surface area contributed by atoms with Crippen molar-refractivity contribution in [2.75, 3.05) is 13.1 Å². The average Bonchev–Trinajstić information content (AvgIpc) is 3.15. The van der Waals surface area contributed by atoms with Crippen LogP contribution in [-0.4, -0.2) is 45.7 Å². The minimum atomic E-state index is -5.08. The van der Waals surface area contributed by atoms with Crippen molar-refractivity contribution in [1.29, 1.82) is 0 Å². The second kappa shape index (κ2) is 10.1. The van der Waals surface area contributed by atoms with Gasteiger partial charge in [0.2, 0.25) is 0 Å². The van der Waals surface area contributed by atoms with Crippen LogP contribution >= 0.6 is 0 Å². The standard InChI is InChI=1S/C22H25N3O.C2HF3O2/c1-24-15-20(19-7-2-3-8-21(19)24)22(26)25-11-9-17(10-12-25)18-6-4-5-16(13-18)14-23;3-2(4,5)1(6)7/h2-8,13,15,17H,9-12,14,23H2,1H3;(H,6,7). The van der Waals surface area contributed by atoms with Gasteiger partial charge in [0.05, 0.1) is 5.56 Å². The van der Waals surface area contributed by atoms with Crippen molar-refractivity contribution in [3.8, 4) is 0 Å². The van der Waals surface area contributed by atoms with Crippen molar-refractivity contribution >= 4 is 22.8 Å². The zero-order valence-electron chi connectivity index (χ0n) is 18.2. The van der Waals surface area contributed by atoms with E-state index < -0.39 is 12.1 Å². The highest BCUT2D eigenvalue weighted by Gasteiger charge is 2.38. The molecular formula is C24H26F3N3O3. The highest BCUT2D eigenvalue weighted by atomic mass is 19.4. The molecule has 1 aliphatic rings. The Bertz CT molecular complexity index is 1130. The smallest absolute Gasteiger partial charge is 0.475 e. The zero-order chi connectivity index (χ0) is 24.2. The third kappa shape index (κ3) is 5.73. The maximum atomic E-state index is 13.1. The first-order chi connectivity index (χ1) is 15.6. The first kappa shape index (κ1) is 24.3. The van der Waals surface area contributed by atoms with Crippen LogP contribution in [0.15, 0.2) is 54.7 Å². The summed E-state index contributed by atoms with van der Waals surface area (Å²) in [6.07, 6.45) is -1.11. The molecule has 0 radical (unpaired) electrons. The van der Waals surface area contributed by atoms with Gasteiger partial charge in [-0.3, -0.25) is 4.79 Å². The first-order valence-corrected chi connectivity index (χ1v) is 10.5. The summed E-state index contributed by atoms with van der Waals surface area (Å²) in [7, 11) is 2.00. The predicted molar refractivity (Wildman–Crippen MR) is 119 cm³/mol. The van der Waals surface area contributed by atoms with Gasteiger partial charge in [-0.25, -0.2) is 4.79 Å². The van der Waals surface area contributed by atoms with Crippen molar-refractivity contribution in [3.05, 3.63) is 71.4 Å². The number of carboxylic acids is 1. The van der Waals surface area contributed by atoms with E-state index in [9.17, 15) is 18.0 Å². The van der Waals surface area contributed by atoms with E-state index in [4.69, 9.17) is 15.6 Å². The number of carboxylic acid groups (broad SMARTS) is 1. The molecule has 0 saturated carbocycles. The number of benzene rings is 2. The van der Waals surface area contributed by atoms with Gasteiger partial charge in [0.25, 0.3) is 5.91 Å². The Morgan fingerprint density at radius 3 is 2.33 bits per heavy atom. The van der Waals surface area contributed by atoms with E-state index >= 15 is 0 Å². The molecule has 2 heterocycles. The average molecular weight is 461 g/mol. The SMILES string of the molecule is Cn1cc(C(=O)N2CCC(c3cccc(CN)c3)CC2)c2ccccc21.O=C(O)C(F)(F)F. The lowest BCUT2D eigenvalue weighted by molar-refractivity contribution is -0.192. The number of alkyl halides is 3. The van der Waals surface area contributed by atoms with Crippen LogP contribution in [0, 0.1) is 0 Å². The summed E-state index contributed by atoms with van der Waals surface area (Å²) in [5.41, 5.74) is 10.2. The van der Waals surface area contributed by atoms with E-state index in [1.165, 1.54) is 11.1 Å². The van der Waals surface area contributed by atoms with Gasteiger partial charge in [-0.2, -0.15) is 13.2 Å². The van der Waals surface area contributed by atoms with E-state index in [2.05, 4.69) is 30.3 Å². The van der Waals surface area contributed by atoms with Gasteiger partial charge in [-0.05, 0) is 36.0 Å². The number of aryl methyl sites for hydroxylation is 1. The summed E-state index contributed by atoms with van der Waals surface area (Å²) < 4.78 is 33.8. The van der Waals surface area contributed by atoms with Crippen molar-refractivity contribution < 1.29 is 27.9 Å². The largest absolute Gasteiger partial charge is 0.490 e. The quantitative estimate of drug-likeness (QED) is 0.609. The van der Waals surface area contributed by atoms with Crippen molar-refractivity contribution in [2.24, 2.45) is 12.8 Å². The van der Waals surface area contributed by atoms with Crippen molar-refractivity contribution in [3.63, 3.8) is 0 Å². The maximum absolute atomic E-state index is 13.1. The molecule has 1 saturated heterocycles. The van der Waals surface area contributed by atoms with E-state index in [1.54, 1.807) is 0 Å². The number of halogens is 3. The third-order valence-corrected chi connectivity index (χ3v) is 5.81. The molecule has 0 spiro atoms. The van der Waals surface area contributed by atoms with Crippen LogP contribution in [0.3, 0.4) is 0 Å². The van der Waals surface area contributed by atoms with E-state index in [0.717, 1.165) is 42.4 Å². The minimum absolute atomic E-state index is 0.149. The van der Waals surface area contributed by atoms with Crippen LogP contribution in [0.4, 0.5) is 13.2 Å². The van der Waals surface area contributed by atoms with E-state index in [1.807, 2.05) is 40.9 Å². The lowest BCUT2D eigenvalue weighted by atomic mass is 9.88. The number of nitrogens with two attached hydrogens (primary N) is 1. The number of para-hydroxylation sites is 1. The number of amides is 1. The predicted octanol–water partition coefficient (Wildman–Crippen LogP) is 4.29. The number of likely N-dealkylation sites (tertiary alicyclic amines) is 1. The van der Waals surface area contributed by atoms with Crippen LogP contribution in [-0.2, 0) is 18.4 Å². The maximum Gasteiger partial charge on any atom is 0.490 e. The van der Waals surface area contributed by atoms with Gasteiger partial charge in [-0.1, -0.05) is 42.5 Å². The molecule has 33 heavy (non-hydrogen) atoms. The Morgan fingerprint density at radius 2 is 1.73 bits per heavy atom. The molecule has 1 aromatic heterocycles. The Hall–Kier alpha value is -3.33. The third-order valence-electron chi connectivity index (χ3n) is 5.81. The number of carbonyl (C=O) groups is 2. The van der Waals surface area contributed by atoms with Gasteiger partial charge < -0.3 is 20.3 Å². The number of piperidine rings is 1. The fraction of sp³-hybridized carbons (Fsp3) is 0.333. The van der Waals surface area contributed by atoms with E-state index in [-0.39, 0.29) is 5.91 Å². The number of hydrogen-bond acceptors (Lipinski definition) is 3. The molecule has 0 unspecified atom stereocenters. The molecule has 1 fully saturated rings. The second-order valence-corrected chi connectivity index (χ2v) is 7.99. The van der Waals surface area contributed by atoms with Crippen molar-refractivity contribution in [1.82, 2.24) is 9.47 Å². The van der Waals surface area contributed by atoms with Crippen LogP contribution in [0.5, 0.6) is 0 Å². The number of hydrogen-bond donors (Lipinski definition) is 2. The summed E-state index contributed by atoms with van der Waals surface area (Å²) in [4.78, 5) is 24.0. The summed E-state index contributed by atoms with van der Waals surface area (Å²) >= 11 is 0. The number of rotatable bonds is 3. The summed E-state index contributed by atoms with van der Waals surface area (Å²) in [6.45, 7) is 2.19. The Kier molecular flexibility index (Phi) is 7.43. The highest BCUT2D eigenvalue weighted by Crippen LogP contribution is 2.30. The minimum Gasteiger partial charge on any atom is -0.475 e. The zero-order valence-corrected chi connectivity index (χ0v) is 18.2. The number of aromatic nitrogens is 1. The molecule has 4 rings (SSSR count). The molecule has 9 heteroatoms. The summed E-state index contributed by atoms with van der Waals surface area (Å²) in [5, 5.41) is 8.16. The molecule has 0 atom stereocenters. The van der Waals surface area contributed by atoms with Gasteiger partial charge >= 0.3 is 12.1 Å². The fourth-order valence-electron chi connectivity index (χ4n) is 4.07. The number of nitrogens with zero attached hydrogens (tertiary/aromatic N) is 2. The number of aliphatic carboxylic acids is 1. The second-order valence-electron chi connectivity index (χ2n) is 7.99. The van der Waals surface area contributed by atoms with Gasteiger partial charge in [0.1, 0.15) is 0 Å². The molecule has 3 N–H and O–H groups in total. The number of carbonyl (C=O) groups excluding carboxylic acids is 1. The van der Waals surface area contributed by atoms with Crippen molar-refractivity contribution in [2.45, 2.75) is 31.5 Å². The molecule has 1 amide bonds. The van der Waals surface area contributed by atoms with Crippen LogP contribution in [0.1, 0.15) is 40.2 Å². The lowest BCUT2D eigenvalue weighted by Gasteiger charge is -2.32. The van der Waals surface area contributed by atoms with Gasteiger partial charge in [0, 0.05) is 43.8 Å². The van der Waals surface area contributed by atoms with Crippen LogP contribution in [0.2, 0.25) is 0 Å². The normalized spacial score (nSPS) is 14.6. The summed E-state index contributed by atoms with van der Waals surface area (Å²) in [6, 6.07) is 16.7. The molecule has 6 nitrogen and oxygen atoms in total. The Labute approximate surface area is 189 Å². The van der Waals surface area contributed by atoms with Gasteiger partial charge in [0.15, 0.2) is 0 Å². The fourth-order valence-corrected chi connectivity index (χ4v) is 4.07. The van der Waals surface area contributed by atoms with E-state index in [0.29, 0.717) is 12.5 Å².